The van der Waals surface area contributed by atoms with Crippen molar-refractivity contribution in [3.05, 3.63) is 0 Å². The third kappa shape index (κ3) is 8.15. The summed E-state index contributed by atoms with van der Waals surface area (Å²) in [5, 5.41) is 0. The minimum Gasteiger partial charge on any atom is -0.262 e. The predicted molar refractivity (Wildman–Crippen MR) is 50.7 cm³/mol. The molecule has 0 fully saturated rings. The van der Waals surface area contributed by atoms with Crippen LogP contribution in [-0.2, 0) is 11.6 Å². The van der Waals surface area contributed by atoms with Crippen molar-refractivity contribution < 1.29 is 0 Å². The SMILES string of the molecule is CC(C)(C)/N=[SH]/C(C)(C)C. The molecule has 0 aliphatic carbocycles. The second-order valence-electron chi connectivity index (χ2n) is 4.54. The van der Waals surface area contributed by atoms with E-state index in [2.05, 4.69) is 45.9 Å². The van der Waals surface area contributed by atoms with Gasteiger partial charge in [0.15, 0.2) is 0 Å². The first-order valence-corrected chi connectivity index (χ1v) is 4.49. The molecule has 0 aliphatic heterocycles. The molecule has 0 atom stereocenters. The van der Waals surface area contributed by atoms with Crippen LogP contribution in [0, 0.1) is 0 Å². The summed E-state index contributed by atoms with van der Waals surface area (Å²) in [6.07, 6.45) is 0. The molecule has 0 N–H and O–H groups in total. The van der Waals surface area contributed by atoms with Gasteiger partial charge in [-0.2, -0.15) is 0 Å². The van der Waals surface area contributed by atoms with Crippen molar-refractivity contribution in [2.45, 2.75) is 51.8 Å². The zero-order valence-corrected chi connectivity index (χ0v) is 8.79. The van der Waals surface area contributed by atoms with Gasteiger partial charge >= 0.3 is 0 Å². The number of nitrogens with zero attached hydrogens (tertiary/aromatic N) is 1. The average Bonchev–Trinajstić information content (AvgIpc) is 1.57. The molecule has 0 aromatic rings. The number of rotatable bonds is 0. The van der Waals surface area contributed by atoms with E-state index in [-0.39, 0.29) is 5.54 Å². The van der Waals surface area contributed by atoms with Gasteiger partial charge < -0.3 is 0 Å². The molecular weight excluding hydrogens is 142 g/mol. The van der Waals surface area contributed by atoms with Crippen molar-refractivity contribution in [3.8, 4) is 0 Å². The van der Waals surface area contributed by atoms with Crippen LogP contribution in [0.2, 0.25) is 0 Å². The summed E-state index contributed by atoms with van der Waals surface area (Å²) in [5.74, 6) is 0. The van der Waals surface area contributed by atoms with Crippen LogP contribution in [0.3, 0.4) is 0 Å². The molecular formula is C8H19NS. The molecule has 0 aromatic carbocycles. The van der Waals surface area contributed by atoms with E-state index in [1.54, 1.807) is 0 Å². The van der Waals surface area contributed by atoms with E-state index < -0.39 is 0 Å². The van der Waals surface area contributed by atoms with Crippen LogP contribution >= 0.6 is 0 Å². The monoisotopic (exact) mass is 161 g/mol. The van der Waals surface area contributed by atoms with E-state index in [9.17, 15) is 0 Å². The van der Waals surface area contributed by atoms with Crippen molar-refractivity contribution in [3.63, 3.8) is 0 Å². The van der Waals surface area contributed by atoms with Crippen LogP contribution in [0.5, 0.6) is 0 Å². The Balaban J connectivity index is 4.01. The van der Waals surface area contributed by atoms with Crippen molar-refractivity contribution in [2.24, 2.45) is 4.36 Å². The summed E-state index contributed by atoms with van der Waals surface area (Å²) in [7, 11) is 0. The molecule has 0 saturated carbocycles. The van der Waals surface area contributed by atoms with Crippen LogP contribution < -0.4 is 0 Å². The van der Waals surface area contributed by atoms with Gasteiger partial charge in [-0.25, -0.2) is 0 Å². The summed E-state index contributed by atoms with van der Waals surface area (Å²) in [6, 6.07) is 0. The maximum atomic E-state index is 4.50. The normalized spacial score (nSPS) is 15.4. The highest BCUT2D eigenvalue weighted by Gasteiger charge is 2.09. The van der Waals surface area contributed by atoms with Crippen LogP contribution in [-0.4, -0.2) is 10.3 Å². The van der Waals surface area contributed by atoms with Crippen LogP contribution in [0.1, 0.15) is 41.5 Å². The summed E-state index contributed by atoms with van der Waals surface area (Å²) in [4.78, 5) is 0. The summed E-state index contributed by atoms with van der Waals surface area (Å²) in [5.41, 5.74) is 0.120. The fourth-order valence-corrected chi connectivity index (χ4v) is 0.900. The Hall–Kier alpha value is 0.150. The maximum absolute atomic E-state index is 4.50. The van der Waals surface area contributed by atoms with Crippen LogP contribution in [0.15, 0.2) is 4.36 Å². The smallest absolute Gasteiger partial charge is 0.0589 e. The fraction of sp³-hybridized carbons (Fsp3) is 1.00. The van der Waals surface area contributed by atoms with Crippen LogP contribution in [0.25, 0.3) is 0 Å². The minimum absolute atomic E-state index is 0.120. The molecule has 0 spiro atoms. The van der Waals surface area contributed by atoms with Gasteiger partial charge in [0.1, 0.15) is 0 Å². The van der Waals surface area contributed by atoms with Gasteiger partial charge in [0, 0.05) is 4.75 Å². The first-order valence-electron chi connectivity index (χ1n) is 3.65. The molecule has 10 heavy (non-hydrogen) atoms. The van der Waals surface area contributed by atoms with E-state index in [1.165, 1.54) is 11.6 Å². The molecule has 0 unspecified atom stereocenters. The Morgan fingerprint density at radius 3 is 1.40 bits per heavy atom. The molecule has 0 amide bonds. The van der Waals surface area contributed by atoms with E-state index in [4.69, 9.17) is 0 Å². The van der Waals surface area contributed by atoms with Crippen molar-refractivity contribution >= 4 is 11.6 Å². The van der Waals surface area contributed by atoms with Gasteiger partial charge in [-0.15, -0.1) is 11.6 Å². The Labute approximate surface area is 68.4 Å². The molecule has 0 saturated heterocycles. The fourth-order valence-electron chi connectivity index (χ4n) is 0.300. The van der Waals surface area contributed by atoms with Gasteiger partial charge in [0.05, 0.1) is 5.54 Å². The van der Waals surface area contributed by atoms with Gasteiger partial charge in [-0.05, 0) is 20.8 Å². The van der Waals surface area contributed by atoms with Crippen molar-refractivity contribution in [2.75, 3.05) is 0 Å². The predicted octanol–water partition coefficient (Wildman–Crippen LogP) is 2.58. The largest absolute Gasteiger partial charge is 0.262 e. The van der Waals surface area contributed by atoms with E-state index in [0.717, 1.165) is 0 Å². The standard InChI is InChI=1S/C8H19NS/c1-7(2,3)9-10-8(4,5)6/h10H,1-6H3. The Morgan fingerprint density at radius 1 is 0.900 bits per heavy atom. The zero-order valence-electron chi connectivity index (χ0n) is 7.89. The number of hydrogen-bond donors (Lipinski definition) is 1. The Morgan fingerprint density at radius 2 is 1.30 bits per heavy atom. The lowest BCUT2D eigenvalue weighted by molar-refractivity contribution is 0.590. The summed E-state index contributed by atoms with van der Waals surface area (Å²) >= 11 is 1.19. The molecule has 0 rings (SSSR count). The topological polar surface area (TPSA) is 12.4 Å². The number of thiol groups is 1. The second kappa shape index (κ2) is 3.04. The van der Waals surface area contributed by atoms with E-state index in [1.807, 2.05) is 0 Å². The highest BCUT2D eigenvalue weighted by molar-refractivity contribution is 7.69. The molecule has 0 bridgehead atoms. The summed E-state index contributed by atoms with van der Waals surface area (Å²) < 4.78 is 4.81. The third-order valence-corrected chi connectivity index (χ3v) is 1.95. The first-order chi connectivity index (χ1) is 4.21. The van der Waals surface area contributed by atoms with Gasteiger partial charge in [-0.1, -0.05) is 20.8 Å². The zero-order chi connectivity index (χ0) is 8.41. The molecule has 62 valence electrons. The van der Waals surface area contributed by atoms with Gasteiger partial charge in [-0.3, -0.25) is 4.36 Å². The molecule has 0 aromatic heterocycles. The van der Waals surface area contributed by atoms with Gasteiger partial charge in [0.25, 0.3) is 0 Å². The van der Waals surface area contributed by atoms with Crippen LogP contribution in [0.4, 0.5) is 0 Å². The highest BCUT2D eigenvalue weighted by atomic mass is 32.1. The van der Waals surface area contributed by atoms with Crippen molar-refractivity contribution in [1.82, 2.24) is 0 Å². The Bertz CT molecular complexity index is 109. The molecule has 0 radical (unpaired) electrons. The van der Waals surface area contributed by atoms with Crippen molar-refractivity contribution in [1.29, 1.82) is 0 Å². The summed E-state index contributed by atoms with van der Waals surface area (Å²) in [6.45, 7) is 13.0. The lowest BCUT2D eigenvalue weighted by Gasteiger charge is -2.16. The highest BCUT2D eigenvalue weighted by Crippen LogP contribution is 2.11. The third-order valence-electron chi connectivity index (χ3n) is 0.650. The number of hydrogen-bond acceptors (Lipinski definition) is 1. The van der Waals surface area contributed by atoms with Gasteiger partial charge in [0.2, 0.25) is 0 Å². The molecule has 0 heterocycles. The first kappa shape index (κ1) is 10.2. The van der Waals surface area contributed by atoms with E-state index >= 15 is 0 Å². The van der Waals surface area contributed by atoms with E-state index in [0.29, 0.717) is 4.75 Å². The molecule has 0 aliphatic rings. The quantitative estimate of drug-likeness (QED) is 0.524. The average molecular weight is 161 g/mol. The second-order valence-corrected chi connectivity index (χ2v) is 6.28. The maximum Gasteiger partial charge on any atom is 0.0589 e. The molecule has 1 nitrogen and oxygen atoms in total. The molecule has 2 heteroatoms. The lowest BCUT2D eigenvalue weighted by Crippen LogP contribution is -2.16. The Kier molecular flexibility index (Phi) is 3.08. The minimum atomic E-state index is 0.120. The lowest BCUT2D eigenvalue weighted by atomic mass is 10.1.